The summed E-state index contributed by atoms with van der Waals surface area (Å²) in [4.78, 5) is 70.1. The smallest absolute Gasteiger partial charge is 0.312 e. The lowest BCUT2D eigenvalue weighted by molar-refractivity contribution is -0.157. The first-order valence-corrected chi connectivity index (χ1v) is 24.4. The number of hydrogen-bond donors (Lipinski definition) is 1. The first-order chi connectivity index (χ1) is 30.6. The van der Waals surface area contributed by atoms with Crippen molar-refractivity contribution >= 4 is 62.6 Å². The Kier molecular flexibility index (Phi) is 13.8. The van der Waals surface area contributed by atoms with Crippen LogP contribution in [0.4, 0.5) is 5.13 Å². The van der Waals surface area contributed by atoms with Crippen molar-refractivity contribution in [3.63, 3.8) is 0 Å². The summed E-state index contributed by atoms with van der Waals surface area (Å²) >= 11 is 8.61. The predicted molar refractivity (Wildman–Crippen MR) is 245 cm³/mol. The zero-order chi connectivity index (χ0) is 45.5. The zero-order valence-electron chi connectivity index (χ0n) is 38.3. The number of rotatable bonds is 18. The molecule has 1 N–H and O–H groups in total. The minimum absolute atomic E-state index is 0.0155. The highest BCUT2D eigenvalue weighted by Gasteiger charge is 2.62. The molecule has 5 fully saturated rings. The van der Waals surface area contributed by atoms with Crippen LogP contribution >= 0.6 is 22.9 Å². The number of fused-ring (bicyclic) bond motifs is 2. The lowest BCUT2D eigenvalue weighted by atomic mass is 9.77. The third kappa shape index (κ3) is 10.2. The Bertz CT molecular complexity index is 2210. The van der Waals surface area contributed by atoms with Crippen LogP contribution in [0.1, 0.15) is 92.9 Å². The summed E-state index contributed by atoms with van der Waals surface area (Å²) in [5.41, 5.74) is 0.0710. The Balaban J connectivity index is 1.09. The van der Waals surface area contributed by atoms with Gasteiger partial charge >= 0.3 is 11.9 Å². The number of halogens is 1. The van der Waals surface area contributed by atoms with E-state index in [0.29, 0.717) is 76.9 Å². The Morgan fingerprint density at radius 2 is 1.77 bits per heavy atom. The van der Waals surface area contributed by atoms with Gasteiger partial charge in [-0.3, -0.25) is 24.1 Å². The number of anilines is 1. The third-order valence-electron chi connectivity index (χ3n) is 14.0. The number of thiazole rings is 1. The van der Waals surface area contributed by atoms with Gasteiger partial charge in [-0.1, -0.05) is 45.7 Å². The Morgan fingerprint density at radius 1 is 1.02 bits per heavy atom. The molecule has 1 aromatic carbocycles. The number of esters is 2. The van der Waals surface area contributed by atoms with Crippen molar-refractivity contribution in [3.8, 4) is 22.9 Å². The molecule has 3 aliphatic carbocycles. The summed E-state index contributed by atoms with van der Waals surface area (Å²) in [6, 6.07) is 4.80. The summed E-state index contributed by atoms with van der Waals surface area (Å²) in [5, 5.41) is 6.99. The number of amides is 1. The number of likely N-dealkylation sites (tertiary alicyclic amines) is 1. The second-order valence-corrected chi connectivity index (χ2v) is 21.2. The number of ether oxygens (including phenoxy) is 5. The molecule has 5 aliphatic rings. The molecule has 16 heteroatoms. The number of nitrogens with zero attached hydrogens (tertiary/aromatic N) is 4. The minimum Gasteiger partial charge on any atom is -0.491 e. The number of benzene rings is 1. The standard InChI is InChI=1S/C48H64ClN5O9S/c1-8-30-23-48(30,45(58)59-7)24-38(55)37-20-32(25-54(37)44(57)34(47(4,5)6)21-41(56)63-31-18-28-17-29(28)19-31)62-40-22-35(36-26-64-46(52-36)50-27(2)3)51-43-33(40)9-10-39(42(43)49)61-16-13-53-11-14-60-15-12-53/h9-10,22,26-32,34,37H,8,11-21,23-25H2,1-7H3,(H,50,52)/t28-,29+,30-,31?,32-,34-,37?,48-/m1/s1. The fraction of sp³-hybridized carbons (Fsp3) is 0.667. The van der Waals surface area contributed by atoms with Gasteiger partial charge in [-0.15, -0.1) is 11.3 Å². The molecule has 348 valence electrons. The maximum atomic E-state index is 15.0. The Labute approximate surface area is 385 Å². The van der Waals surface area contributed by atoms with Crippen LogP contribution in [0.15, 0.2) is 23.6 Å². The fourth-order valence-corrected chi connectivity index (χ4v) is 11.3. The van der Waals surface area contributed by atoms with E-state index in [9.17, 15) is 19.2 Å². The van der Waals surface area contributed by atoms with Crippen molar-refractivity contribution in [2.75, 3.05) is 58.4 Å². The molecule has 0 spiro atoms. The molecule has 3 saturated carbocycles. The molecule has 3 aromatic rings. The number of carbonyl (C=O) groups is 4. The molecule has 4 heterocycles. The van der Waals surface area contributed by atoms with Crippen LogP contribution < -0.4 is 14.8 Å². The summed E-state index contributed by atoms with van der Waals surface area (Å²) in [6.07, 6.45) is 3.53. The number of nitrogens with one attached hydrogen (secondary N) is 1. The van der Waals surface area contributed by atoms with E-state index >= 15 is 0 Å². The summed E-state index contributed by atoms with van der Waals surface area (Å²) in [5.74, 6) is 0.152. The fourth-order valence-electron chi connectivity index (χ4n) is 10.2. The van der Waals surface area contributed by atoms with Crippen molar-refractivity contribution in [2.45, 2.75) is 117 Å². The molecular formula is C48H64ClN5O9S. The first kappa shape index (κ1) is 46.5. The maximum absolute atomic E-state index is 15.0. The molecule has 2 aromatic heterocycles. The number of hydrogen-bond acceptors (Lipinski definition) is 14. The molecular weight excluding hydrogens is 858 g/mol. The summed E-state index contributed by atoms with van der Waals surface area (Å²) in [7, 11) is 1.35. The summed E-state index contributed by atoms with van der Waals surface area (Å²) < 4.78 is 29.8. The van der Waals surface area contributed by atoms with E-state index in [1.807, 2.05) is 65.1 Å². The van der Waals surface area contributed by atoms with Crippen molar-refractivity contribution in [2.24, 2.45) is 34.5 Å². The number of methoxy groups -OCH3 is 1. The lowest BCUT2D eigenvalue weighted by Gasteiger charge is -2.35. The molecule has 2 aliphatic heterocycles. The van der Waals surface area contributed by atoms with Gasteiger partial charge in [0.15, 0.2) is 10.9 Å². The molecule has 2 saturated heterocycles. The van der Waals surface area contributed by atoms with E-state index in [2.05, 4.69) is 10.2 Å². The average molecular weight is 923 g/mol. The summed E-state index contributed by atoms with van der Waals surface area (Å²) in [6.45, 7) is 16.2. The topological polar surface area (TPSA) is 159 Å². The molecule has 64 heavy (non-hydrogen) atoms. The van der Waals surface area contributed by atoms with Crippen molar-refractivity contribution in [3.05, 3.63) is 28.6 Å². The van der Waals surface area contributed by atoms with Crippen LogP contribution in [0, 0.1) is 34.5 Å². The highest BCUT2D eigenvalue weighted by Crippen LogP contribution is 2.58. The third-order valence-corrected chi connectivity index (χ3v) is 15.2. The zero-order valence-corrected chi connectivity index (χ0v) is 39.9. The molecule has 8 atom stereocenters. The minimum atomic E-state index is -0.921. The first-order valence-electron chi connectivity index (χ1n) is 23.1. The van der Waals surface area contributed by atoms with Gasteiger partial charge in [0.2, 0.25) is 5.91 Å². The molecule has 14 nitrogen and oxygen atoms in total. The van der Waals surface area contributed by atoms with Gasteiger partial charge in [0.1, 0.15) is 41.0 Å². The monoisotopic (exact) mass is 921 g/mol. The van der Waals surface area contributed by atoms with Crippen LogP contribution in [-0.4, -0.2) is 121 Å². The lowest BCUT2D eigenvalue weighted by Crippen LogP contribution is -2.48. The van der Waals surface area contributed by atoms with Crippen molar-refractivity contribution in [1.29, 1.82) is 0 Å². The highest BCUT2D eigenvalue weighted by molar-refractivity contribution is 7.14. The largest absolute Gasteiger partial charge is 0.491 e. The molecule has 2 unspecified atom stereocenters. The number of pyridine rings is 1. The van der Waals surface area contributed by atoms with E-state index in [-0.39, 0.29) is 55.6 Å². The number of morpholine rings is 1. The Hall–Kier alpha value is -4.05. The van der Waals surface area contributed by atoms with Crippen molar-refractivity contribution < 1.29 is 42.9 Å². The van der Waals surface area contributed by atoms with E-state index in [4.69, 9.17) is 45.3 Å². The maximum Gasteiger partial charge on any atom is 0.312 e. The van der Waals surface area contributed by atoms with Gasteiger partial charge in [-0.05, 0) is 74.8 Å². The number of carbonyl (C=O) groups excluding carboxylic acids is 4. The molecule has 8 rings (SSSR count). The highest BCUT2D eigenvalue weighted by atomic mass is 35.5. The number of Topliss-reactive ketones (excluding diaryl/α,β-unsaturated/α-hetero) is 1. The second kappa shape index (κ2) is 19.0. The van der Waals surface area contributed by atoms with Gasteiger partial charge in [0.25, 0.3) is 0 Å². The normalized spacial score (nSPS) is 27.0. The van der Waals surface area contributed by atoms with Gasteiger partial charge in [-0.25, -0.2) is 9.97 Å². The van der Waals surface area contributed by atoms with Gasteiger partial charge < -0.3 is 33.9 Å². The van der Waals surface area contributed by atoms with E-state index < -0.39 is 40.8 Å². The van der Waals surface area contributed by atoms with Crippen LogP contribution in [0.3, 0.4) is 0 Å². The van der Waals surface area contributed by atoms with E-state index in [0.717, 1.165) is 44.0 Å². The quantitative estimate of drug-likeness (QED) is 0.123. The average Bonchev–Trinajstić information content (AvgIpc) is 3.92. The Morgan fingerprint density at radius 3 is 2.44 bits per heavy atom. The molecule has 0 bridgehead atoms. The van der Waals surface area contributed by atoms with E-state index in [1.54, 1.807) is 4.90 Å². The van der Waals surface area contributed by atoms with Crippen LogP contribution in [-0.2, 0) is 33.4 Å². The predicted octanol–water partition coefficient (Wildman–Crippen LogP) is 7.83. The van der Waals surface area contributed by atoms with Crippen LogP contribution in [0.25, 0.3) is 22.3 Å². The van der Waals surface area contributed by atoms with Crippen LogP contribution in [0.5, 0.6) is 11.5 Å². The van der Waals surface area contributed by atoms with Gasteiger partial charge in [0.05, 0.1) is 61.9 Å². The van der Waals surface area contributed by atoms with Crippen LogP contribution in [0.2, 0.25) is 5.02 Å². The molecule has 0 radical (unpaired) electrons. The second-order valence-electron chi connectivity index (χ2n) is 20.0. The van der Waals surface area contributed by atoms with E-state index in [1.165, 1.54) is 24.9 Å². The SMILES string of the molecule is CC[C@@H]1C[C@]1(CC(=O)C1C[C@@H](Oc2cc(-c3csc(NC(C)C)n3)nc3c(Cl)c(OCCN4CCOCC4)ccc23)CN1C(=O)[C@@H](CC(=O)OC1C[C@@H]2C[C@@H]2C1)C(C)(C)C)C(=O)OC. The van der Waals surface area contributed by atoms with Crippen molar-refractivity contribution in [1.82, 2.24) is 19.8 Å². The van der Waals surface area contributed by atoms with Gasteiger partial charge in [-0.2, -0.15) is 0 Å². The number of ketones is 1. The van der Waals surface area contributed by atoms with Gasteiger partial charge in [0, 0.05) is 55.4 Å². The molecule has 1 amide bonds. The number of aromatic nitrogens is 2.